The van der Waals surface area contributed by atoms with Crippen LogP contribution in [0.3, 0.4) is 0 Å². The predicted molar refractivity (Wildman–Crippen MR) is 85.8 cm³/mol. The SMILES string of the molecule is Cc1c(N)cc(Br)cc1-c1nnnn1CCOCC(C)C. The lowest BCUT2D eigenvalue weighted by Crippen LogP contribution is -2.12. The van der Waals surface area contributed by atoms with E-state index in [-0.39, 0.29) is 0 Å². The van der Waals surface area contributed by atoms with E-state index in [1.165, 1.54) is 0 Å². The Morgan fingerprint density at radius 1 is 1.38 bits per heavy atom. The van der Waals surface area contributed by atoms with Gasteiger partial charge >= 0.3 is 0 Å². The Balaban J connectivity index is 2.17. The first-order chi connectivity index (χ1) is 9.99. The van der Waals surface area contributed by atoms with Gasteiger partial charge in [0.1, 0.15) is 0 Å². The molecule has 2 aromatic rings. The summed E-state index contributed by atoms with van der Waals surface area (Å²) in [5, 5.41) is 11.9. The molecule has 2 N–H and O–H groups in total. The van der Waals surface area contributed by atoms with Crippen LogP contribution in [-0.4, -0.2) is 33.4 Å². The average Bonchev–Trinajstić information content (AvgIpc) is 2.87. The summed E-state index contributed by atoms with van der Waals surface area (Å²) in [6.07, 6.45) is 0. The number of halogens is 1. The van der Waals surface area contributed by atoms with Crippen LogP contribution in [0.4, 0.5) is 5.69 Å². The molecule has 2 rings (SSSR count). The number of rotatable bonds is 6. The number of tetrazole rings is 1. The van der Waals surface area contributed by atoms with Crippen molar-refractivity contribution in [1.29, 1.82) is 0 Å². The Kier molecular flexibility index (Phi) is 5.30. The van der Waals surface area contributed by atoms with Gasteiger partial charge in [-0.15, -0.1) is 5.10 Å². The molecule has 0 fully saturated rings. The smallest absolute Gasteiger partial charge is 0.182 e. The normalized spacial score (nSPS) is 11.3. The Hall–Kier alpha value is -1.47. The summed E-state index contributed by atoms with van der Waals surface area (Å²) >= 11 is 3.45. The van der Waals surface area contributed by atoms with E-state index >= 15 is 0 Å². The number of anilines is 1. The van der Waals surface area contributed by atoms with Gasteiger partial charge in [-0.05, 0) is 41.0 Å². The van der Waals surface area contributed by atoms with Crippen LogP contribution >= 0.6 is 15.9 Å². The molecule has 0 atom stereocenters. The van der Waals surface area contributed by atoms with E-state index in [2.05, 4.69) is 45.3 Å². The van der Waals surface area contributed by atoms with Crippen LogP contribution in [0.15, 0.2) is 16.6 Å². The molecule has 0 saturated heterocycles. The highest BCUT2D eigenvalue weighted by molar-refractivity contribution is 9.10. The van der Waals surface area contributed by atoms with Crippen LogP contribution in [0.5, 0.6) is 0 Å². The van der Waals surface area contributed by atoms with Crippen LogP contribution < -0.4 is 5.73 Å². The molecular weight excluding hydrogens is 334 g/mol. The van der Waals surface area contributed by atoms with Gasteiger partial charge in [-0.2, -0.15) is 0 Å². The standard InChI is InChI=1S/C14H20BrN5O/c1-9(2)8-21-5-4-20-14(17-18-19-20)12-6-11(15)7-13(16)10(12)3/h6-7,9H,4-5,8,16H2,1-3H3. The van der Waals surface area contributed by atoms with Crippen LogP contribution in [0.1, 0.15) is 19.4 Å². The molecule has 0 amide bonds. The number of ether oxygens (including phenoxy) is 1. The summed E-state index contributed by atoms with van der Waals surface area (Å²) in [5.74, 6) is 1.22. The van der Waals surface area contributed by atoms with E-state index < -0.39 is 0 Å². The fourth-order valence-corrected chi connectivity index (χ4v) is 2.43. The van der Waals surface area contributed by atoms with Crippen molar-refractivity contribution in [2.45, 2.75) is 27.3 Å². The molecule has 1 aromatic carbocycles. The summed E-state index contributed by atoms with van der Waals surface area (Å²) in [6, 6.07) is 3.85. The van der Waals surface area contributed by atoms with Crippen molar-refractivity contribution in [2.75, 3.05) is 18.9 Å². The van der Waals surface area contributed by atoms with Crippen molar-refractivity contribution in [2.24, 2.45) is 5.92 Å². The number of nitrogens with zero attached hydrogens (tertiary/aromatic N) is 4. The summed E-state index contributed by atoms with van der Waals surface area (Å²) in [7, 11) is 0. The number of aromatic nitrogens is 4. The van der Waals surface area contributed by atoms with Crippen LogP contribution in [0.25, 0.3) is 11.4 Å². The highest BCUT2D eigenvalue weighted by Crippen LogP contribution is 2.29. The van der Waals surface area contributed by atoms with Crippen LogP contribution in [0.2, 0.25) is 0 Å². The van der Waals surface area contributed by atoms with Crippen molar-refractivity contribution >= 4 is 21.6 Å². The lowest BCUT2D eigenvalue weighted by atomic mass is 10.1. The summed E-state index contributed by atoms with van der Waals surface area (Å²) < 4.78 is 8.24. The fraction of sp³-hybridized carbons (Fsp3) is 0.500. The first-order valence-electron chi connectivity index (χ1n) is 6.89. The number of nitrogens with two attached hydrogens (primary N) is 1. The maximum absolute atomic E-state index is 6.00. The maximum Gasteiger partial charge on any atom is 0.182 e. The lowest BCUT2D eigenvalue weighted by Gasteiger charge is -2.11. The van der Waals surface area contributed by atoms with E-state index in [1.807, 2.05) is 19.1 Å². The summed E-state index contributed by atoms with van der Waals surface area (Å²) in [5.41, 5.74) is 8.61. The first kappa shape index (κ1) is 15.9. The largest absolute Gasteiger partial charge is 0.398 e. The summed E-state index contributed by atoms with van der Waals surface area (Å²) in [4.78, 5) is 0. The van der Waals surface area contributed by atoms with E-state index in [0.717, 1.165) is 22.2 Å². The van der Waals surface area contributed by atoms with Gasteiger partial charge in [-0.1, -0.05) is 29.8 Å². The van der Waals surface area contributed by atoms with Crippen LogP contribution in [-0.2, 0) is 11.3 Å². The maximum atomic E-state index is 6.00. The third kappa shape index (κ3) is 4.01. The molecule has 0 aliphatic heterocycles. The number of hydrogen-bond acceptors (Lipinski definition) is 5. The molecule has 7 heteroatoms. The molecular formula is C14H20BrN5O. The van der Waals surface area contributed by atoms with Crippen molar-refractivity contribution in [1.82, 2.24) is 20.2 Å². The molecule has 0 aliphatic carbocycles. The van der Waals surface area contributed by atoms with Gasteiger partial charge in [0.15, 0.2) is 5.82 Å². The molecule has 0 unspecified atom stereocenters. The summed E-state index contributed by atoms with van der Waals surface area (Å²) in [6.45, 7) is 8.14. The molecule has 114 valence electrons. The highest BCUT2D eigenvalue weighted by Gasteiger charge is 2.14. The van der Waals surface area contributed by atoms with Crippen molar-refractivity contribution in [3.05, 3.63) is 22.2 Å². The minimum absolute atomic E-state index is 0.519. The number of hydrogen-bond donors (Lipinski definition) is 1. The minimum Gasteiger partial charge on any atom is -0.398 e. The Morgan fingerprint density at radius 2 is 2.14 bits per heavy atom. The van der Waals surface area contributed by atoms with Crippen LogP contribution in [0, 0.1) is 12.8 Å². The third-order valence-electron chi connectivity index (χ3n) is 3.08. The zero-order chi connectivity index (χ0) is 15.4. The molecule has 6 nitrogen and oxygen atoms in total. The van der Waals surface area contributed by atoms with Crippen molar-refractivity contribution in [3.8, 4) is 11.4 Å². The molecule has 0 radical (unpaired) electrons. The number of benzene rings is 1. The van der Waals surface area contributed by atoms with Crippen molar-refractivity contribution < 1.29 is 4.74 Å². The molecule has 1 aromatic heterocycles. The second kappa shape index (κ2) is 7.00. The van der Waals surface area contributed by atoms with E-state index in [4.69, 9.17) is 10.5 Å². The lowest BCUT2D eigenvalue weighted by molar-refractivity contribution is 0.101. The van der Waals surface area contributed by atoms with E-state index in [9.17, 15) is 0 Å². The molecule has 0 saturated carbocycles. The fourth-order valence-electron chi connectivity index (χ4n) is 1.95. The monoisotopic (exact) mass is 353 g/mol. The Bertz CT molecular complexity index is 611. The Labute approximate surface area is 132 Å². The van der Waals surface area contributed by atoms with E-state index in [1.54, 1.807) is 4.68 Å². The van der Waals surface area contributed by atoms with E-state index in [0.29, 0.717) is 30.6 Å². The van der Waals surface area contributed by atoms with Gasteiger partial charge in [0.2, 0.25) is 0 Å². The third-order valence-corrected chi connectivity index (χ3v) is 3.54. The molecule has 0 spiro atoms. The predicted octanol–water partition coefficient (Wildman–Crippen LogP) is 2.67. The van der Waals surface area contributed by atoms with Gasteiger partial charge in [-0.3, -0.25) is 0 Å². The topological polar surface area (TPSA) is 78.9 Å². The zero-order valence-electron chi connectivity index (χ0n) is 12.5. The number of nitrogen functional groups attached to an aromatic ring is 1. The molecule has 21 heavy (non-hydrogen) atoms. The first-order valence-corrected chi connectivity index (χ1v) is 7.68. The van der Waals surface area contributed by atoms with Gasteiger partial charge in [0.05, 0.1) is 13.2 Å². The van der Waals surface area contributed by atoms with Gasteiger partial charge in [-0.25, -0.2) is 4.68 Å². The zero-order valence-corrected chi connectivity index (χ0v) is 14.1. The highest BCUT2D eigenvalue weighted by atomic mass is 79.9. The second-order valence-electron chi connectivity index (χ2n) is 5.36. The van der Waals surface area contributed by atoms with Gasteiger partial charge in [0, 0.05) is 22.3 Å². The second-order valence-corrected chi connectivity index (χ2v) is 6.28. The van der Waals surface area contributed by atoms with Gasteiger partial charge < -0.3 is 10.5 Å². The molecule has 0 bridgehead atoms. The quantitative estimate of drug-likeness (QED) is 0.637. The average molecular weight is 354 g/mol. The molecule has 0 aliphatic rings. The van der Waals surface area contributed by atoms with Crippen molar-refractivity contribution in [3.63, 3.8) is 0 Å². The molecule has 1 heterocycles. The van der Waals surface area contributed by atoms with Gasteiger partial charge in [0.25, 0.3) is 0 Å². The minimum atomic E-state index is 0.519. The Morgan fingerprint density at radius 3 is 2.86 bits per heavy atom.